The van der Waals surface area contributed by atoms with Crippen molar-refractivity contribution in [3.8, 4) is 0 Å². The van der Waals surface area contributed by atoms with Crippen molar-refractivity contribution in [1.82, 2.24) is 15.3 Å². The molecule has 2 aromatic rings. The number of rotatable bonds is 4. The zero-order valence-electron chi connectivity index (χ0n) is 11.2. The van der Waals surface area contributed by atoms with Crippen LogP contribution in [0.25, 0.3) is 11.0 Å². The van der Waals surface area contributed by atoms with Gasteiger partial charge in [0.15, 0.2) is 0 Å². The van der Waals surface area contributed by atoms with Gasteiger partial charge in [-0.2, -0.15) is 0 Å². The summed E-state index contributed by atoms with van der Waals surface area (Å²) in [4.78, 5) is 31.4. The minimum absolute atomic E-state index is 0.107. The van der Waals surface area contributed by atoms with Gasteiger partial charge in [-0.25, -0.2) is 9.78 Å². The largest absolute Gasteiger partial charge is 0.480 e. The Balaban J connectivity index is 2.24. The number of carbonyl (C=O) groups is 2. The van der Waals surface area contributed by atoms with E-state index < -0.39 is 17.9 Å². The van der Waals surface area contributed by atoms with Gasteiger partial charge in [0.2, 0.25) is 0 Å². The molecule has 1 aromatic heterocycles. The smallest absolute Gasteiger partial charge is 0.326 e. The Morgan fingerprint density at radius 3 is 2.45 bits per heavy atom. The third-order valence-corrected chi connectivity index (χ3v) is 2.90. The maximum Gasteiger partial charge on any atom is 0.326 e. The van der Waals surface area contributed by atoms with Crippen LogP contribution in [0.4, 0.5) is 0 Å². The fraction of sp³-hybridized carbons (Fsp3) is 0.286. The molecule has 0 radical (unpaired) electrons. The van der Waals surface area contributed by atoms with Gasteiger partial charge in [-0.1, -0.05) is 26.0 Å². The van der Waals surface area contributed by atoms with Crippen LogP contribution in [0.3, 0.4) is 0 Å². The Bertz CT molecular complexity index is 655. The average Bonchev–Trinajstić information content (AvgIpc) is 2.43. The standard InChI is InChI=1S/C14H15N3O3/c1-8(2)12(14(19)20)17-13(18)11-7-15-9-5-3-4-6-10(9)16-11/h3-8,12H,1-2H3,(H,17,18)(H,19,20). The van der Waals surface area contributed by atoms with Crippen molar-refractivity contribution in [3.05, 3.63) is 36.2 Å². The predicted octanol–water partition coefficient (Wildman–Crippen LogP) is 1.47. The second-order valence-corrected chi connectivity index (χ2v) is 4.78. The van der Waals surface area contributed by atoms with Crippen LogP contribution in [0.15, 0.2) is 30.5 Å². The second-order valence-electron chi connectivity index (χ2n) is 4.78. The van der Waals surface area contributed by atoms with Crippen molar-refractivity contribution >= 4 is 22.9 Å². The molecule has 1 amide bonds. The molecule has 1 atom stereocenters. The van der Waals surface area contributed by atoms with Crippen LogP contribution in [0, 0.1) is 5.92 Å². The first-order valence-corrected chi connectivity index (χ1v) is 6.24. The molecule has 0 bridgehead atoms. The quantitative estimate of drug-likeness (QED) is 0.880. The van der Waals surface area contributed by atoms with Gasteiger partial charge in [-0.15, -0.1) is 0 Å². The molecule has 0 spiro atoms. The van der Waals surface area contributed by atoms with E-state index in [-0.39, 0.29) is 11.6 Å². The number of hydrogen-bond acceptors (Lipinski definition) is 4. The molecule has 6 heteroatoms. The number of nitrogens with one attached hydrogen (secondary N) is 1. The van der Waals surface area contributed by atoms with Crippen LogP contribution in [-0.2, 0) is 4.79 Å². The molecule has 0 aliphatic carbocycles. The Morgan fingerprint density at radius 1 is 1.20 bits per heavy atom. The molecule has 20 heavy (non-hydrogen) atoms. The summed E-state index contributed by atoms with van der Waals surface area (Å²) in [5.74, 6) is -1.82. The molecule has 6 nitrogen and oxygen atoms in total. The third-order valence-electron chi connectivity index (χ3n) is 2.90. The van der Waals surface area contributed by atoms with Crippen LogP contribution in [0.5, 0.6) is 0 Å². The number of nitrogens with zero attached hydrogens (tertiary/aromatic N) is 2. The van der Waals surface area contributed by atoms with Gasteiger partial charge < -0.3 is 10.4 Å². The molecular formula is C14H15N3O3. The lowest BCUT2D eigenvalue weighted by atomic mass is 10.0. The van der Waals surface area contributed by atoms with Gasteiger partial charge in [-0.3, -0.25) is 9.78 Å². The SMILES string of the molecule is CC(C)C(NC(=O)c1cnc2ccccc2n1)C(=O)O. The molecule has 0 aliphatic rings. The van der Waals surface area contributed by atoms with E-state index in [0.717, 1.165) is 0 Å². The Hall–Kier alpha value is -2.50. The maximum atomic E-state index is 12.0. The molecule has 104 valence electrons. The number of carbonyl (C=O) groups excluding carboxylic acids is 1. The molecule has 2 N–H and O–H groups in total. The molecule has 1 heterocycles. The minimum Gasteiger partial charge on any atom is -0.480 e. The first-order chi connectivity index (χ1) is 9.49. The van der Waals surface area contributed by atoms with Crippen LogP contribution >= 0.6 is 0 Å². The summed E-state index contributed by atoms with van der Waals surface area (Å²) in [7, 11) is 0. The number of hydrogen-bond donors (Lipinski definition) is 2. The van der Waals surface area contributed by atoms with E-state index in [1.54, 1.807) is 32.0 Å². The fourth-order valence-corrected chi connectivity index (χ4v) is 1.80. The van der Waals surface area contributed by atoms with E-state index in [2.05, 4.69) is 15.3 Å². The first-order valence-electron chi connectivity index (χ1n) is 6.24. The first kappa shape index (κ1) is 13.9. The van der Waals surface area contributed by atoms with E-state index >= 15 is 0 Å². The summed E-state index contributed by atoms with van der Waals surface area (Å²) in [6.07, 6.45) is 1.34. The predicted molar refractivity (Wildman–Crippen MR) is 73.3 cm³/mol. The number of carboxylic acids is 1. The molecule has 1 unspecified atom stereocenters. The van der Waals surface area contributed by atoms with Gasteiger partial charge in [0.05, 0.1) is 17.2 Å². The molecule has 1 aromatic carbocycles. The highest BCUT2D eigenvalue weighted by molar-refractivity contribution is 5.96. The molecular weight excluding hydrogens is 258 g/mol. The highest BCUT2D eigenvalue weighted by Gasteiger charge is 2.24. The Labute approximate surface area is 115 Å². The van der Waals surface area contributed by atoms with Gasteiger partial charge in [-0.05, 0) is 18.1 Å². The van der Waals surface area contributed by atoms with Crippen LogP contribution < -0.4 is 5.32 Å². The fourth-order valence-electron chi connectivity index (χ4n) is 1.80. The van der Waals surface area contributed by atoms with E-state index in [1.807, 2.05) is 6.07 Å². The lowest BCUT2D eigenvalue weighted by Crippen LogP contribution is -2.44. The summed E-state index contributed by atoms with van der Waals surface area (Å²) < 4.78 is 0. The lowest BCUT2D eigenvalue weighted by Gasteiger charge is -2.17. The number of aromatic nitrogens is 2. The van der Waals surface area contributed by atoms with Gasteiger partial charge in [0.25, 0.3) is 5.91 Å². The third kappa shape index (κ3) is 2.90. The highest BCUT2D eigenvalue weighted by Crippen LogP contribution is 2.09. The van der Waals surface area contributed by atoms with Gasteiger partial charge in [0, 0.05) is 0 Å². The normalized spacial score (nSPS) is 12.3. The van der Waals surface area contributed by atoms with Gasteiger partial charge >= 0.3 is 5.97 Å². The average molecular weight is 273 g/mol. The lowest BCUT2D eigenvalue weighted by molar-refractivity contribution is -0.140. The number of fused-ring (bicyclic) bond motifs is 1. The zero-order valence-corrected chi connectivity index (χ0v) is 11.2. The minimum atomic E-state index is -1.07. The monoisotopic (exact) mass is 273 g/mol. The Kier molecular flexibility index (Phi) is 3.93. The maximum absolute atomic E-state index is 12.0. The summed E-state index contributed by atoms with van der Waals surface area (Å²) in [5, 5.41) is 11.5. The number of para-hydroxylation sites is 2. The number of carboxylic acid groups (broad SMARTS) is 1. The zero-order chi connectivity index (χ0) is 14.7. The number of benzene rings is 1. The second kappa shape index (κ2) is 5.64. The van der Waals surface area contributed by atoms with Gasteiger partial charge in [0.1, 0.15) is 11.7 Å². The van der Waals surface area contributed by atoms with E-state index in [1.165, 1.54) is 6.20 Å². The summed E-state index contributed by atoms with van der Waals surface area (Å²) >= 11 is 0. The summed E-state index contributed by atoms with van der Waals surface area (Å²) in [6, 6.07) is 6.22. The molecule has 0 aliphatic heterocycles. The van der Waals surface area contributed by atoms with E-state index in [0.29, 0.717) is 11.0 Å². The van der Waals surface area contributed by atoms with E-state index in [4.69, 9.17) is 5.11 Å². The van der Waals surface area contributed by atoms with Crippen LogP contribution in [0.2, 0.25) is 0 Å². The molecule has 0 saturated heterocycles. The van der Waals surface area contributed by atoms with Crippen molar-refractivity contribution < 1.29 is 14.7 Å². The van der Waals surface area contributed by atoms with E-state index in [9.17, 15) is 9.59 Å². The molecule has 0 fully saturated rings. The van der Waals surface area contributed by atoms with Crippen molar-refractivity contribution in [2.24, 2.45) is 5.92 Å². The highest BCUT2D eigenvalue weighted by atomic mass is 16.4. The van der Waals surface area contributed by atoms with Crippen LogP contribution in [-0.4, -0.2) is 33.0 Å². The van der Waals surface area contributed by atoms with Crippen molar-refractivity contribution in [1.29, 1.82) is 0 Å². The number of amides is 1. The van der Waals surface area contributed by atoms with Crippen molar-refractivity contribution in [3.63, 3.8) is 0 Å². The Morgan fingerprint density at radius 2 is 1.85 bits per heavy atom. The van der Waals surface area contributed by atoms with Crippen molar-refractivity contribution in [2.75, 3.05) is 0 Å². The number of aliphatic carboxylic acids is 1. The van der Waals surface area contributed by atoms with Crippen LogP contribution in [0.1, 0.15) is 24.3 Å². The molecule has 0 saturated carbocycles. The molecule has 2 rings (SSSR count). The summed E-state index contributed by atoms with van der Waals surface area (Å²) in [6.45, 7) is 3.45. The summed E-state index contributed by atoms with van der Waals surface area (Å²) in [5.41, 5.74) is 1.38. The topological polar surface area (TPSA) is 92.2 Å². The van der Waals surface area contributed by atoms with Crippen molar-refractivity contribution in [2.45, 2.75) is 19.9 Å².